The summed E-state index contributed by atoms with van der Waals surface area (Å²) in [5.41, 5.74) is 5.16. The highest BCUT2D eigenvalue weighted by molar-refractivity contribution is 5.85. The third kappa shape index (κ3) is 11.7. The molecule has 2 amide bonds. The Bertz CT molecular complexity index is 277. The Labute approximate surface area is 114 Å². The largest absolute Gasteiger partial charge is 0.471 e. The summed E-state index contributed by atoms with van der Waals surface area (Å²) in [5.74, 6) is -2.52. The molecule has 0 radical (unpaired) electrons. The van der Waals surface area contributed by atoms with E-state index >= 15 is 0 Å². The third-order valence-electron chi connectivity index (χ3n) is 1.73. The Morgan fingerprint density at radius 3 is 2.26 bits per heavy atom. The van der Waals surface area contributed by atoms with Crippen molar-refractivity contribution in [1.82, 2.24) is 10.6 Å². The first-order valence-electron chi connectivity index (χ1n) is 5.27. The monoisotopic (exact) mass is 307 g/mol. The molecule has 0 heterocycles. The van der Waals surface area contributed by atoms with Crippen LogP contribution < -0.4 is 16.4 Å². The molecule has 0 rings (SSSR count). The van der Waals surface area contributed by atoms with Crippen LogP contribution in [0.2, 0.25) is 0 Å². The molecule has 0 aromatic carbocycles. The highest BCUT2D eigenvalue weighted by atomic mass is 35.5. The van der Waals surface area contributed by atoms with Crippen LogP contribution in [0.25, 0.3) is 0 Å². The van der Waals surface area contributed by atoms with Gasteiger partial charge in [0.1, 0.15) is 0 Å². The summed E-state index contributed by atoms with van der Waals surface area (Å²) in [4.78, 5) is 21.5. The summed E-state index contributed by atoms with van der Waals surface area (Å²) >= 11 is 0. The van der Waals surface area contributed by atoms with Gasteiger partial charge in [0, 0.05) is 26.1 Å². The molecule has 0 aliphatic carbocycles. The van der Waals surface area contributed by atoms with Crippen LogP contribution in [0.5, 0.6) is 0 Å². The zero-order chi connectivity index (χ0) is 14.0. The maximum atomic E-state index is 11.8. The van der Waals surface area contributed by atoms with Crippen LogP contribution in [0.4, 0.5) is 13.2 Å². The minimum atomic E-state index is -4.92. The van der Waals surface area contributed by atoms with Crippen molar-refractivity contribution in [3.63, 3.8) is 0 Å². The van der Waals surface area contributed by atoms with Crippen LogP contribution in [-0.4, -0.2) is 50.8 Å². The van der Waals surface area contributed by atoms with Crippen molar-refractivity contribution in [3.05, 3.63) is 0 Å². The molecule has 0 aromatic heterocycles. The normalized spacial score (nSPS) is 10.5. The molecule has 0 atom stereocenters. The quantitative estimate of drug-likeness (QED) is 0.530. The summed E-state index contributed by atoms with van der Waals surface area (Å²) in [6.07, 6.45) is -5.15. The zero-order valence-electron chi connectivity index (χ0n) is 10.1. The number of nitrogens with two attached hydrogens (primary N) is 1. The maximum Gasteiger partial charge on any atom is 0.471 e. The third-order valence-corrected chi connectivity index (χ3v) is 1.73. The van der Waals surface area contributed by atoms with E-state index in [4.69, 9.17) is 10.5 Å². The lowest BCUT2D eigenvalue weighted by Gasteiger charge is -2.08. The highest BCUT2D eigenvalue weighted by Gasteiger charge is 2.38. The number of amides is 2. The molecule has 0 aliphatic rings. The van der Waals surface area contributed by atoms with Crippen LogP contribution in [0.15, 0.2) is 0 Å². The van der Waals surface area contributed by atoms with Crippen molar-refractivity contribution in [1.29, 1.82) is 0 Å². The summed E-state index contributed by atoms with van der Waals surface area (Å²) in [6.45, 7) is 0.896. The van der Waals surface area contributed by atoms with E-state index in [1.54, 1.807) is 5.32 Å². The highest BCUT2D eigenvalue weighted by Crippen LogP contribution is 2.13. The topological polar surface area (TPSA) is 93.4 Å². The lowest BCUT2D eigenvalue weighted by atomic mass is 10.4. The second-order valence-electron chi connectivity index (χ2n) is 3.25. The van der Waals surface area contributed by atoms with E-state index in [0.717, 1.165) is 0 Å². The van der Waals surface area contributed by atoms with Gasteiger partial charge in [-0.15, -0.1) is 12.4 Å². The zero-order valence-corrected chi connectivity index (χ0v) is 10.9. The van der Waals surface area contributed by atoms with Gasteiger partial charge in [0.15, 0.2) is 0 Å². The van der Waals surface area contributed by atoms with E-state index in [0.29, 0.717) is 13.2 Å². The molecule has 0 fully saturated rings. The van der Waals surface area contributed by atoms with E-state index in [1.807, 2.05) is 0 Å². The van der Waals surface area contributed by atoms with E-state index in [1.165, 1.54) is 0 Å². The van der Waals surface area contributed by atoms with Gasteiger partial charge in [-0.3, -0.25) is 9.59 Å². The van der Waals surface area contributed by atoms with Crippen molar-refractivity contribution in [2.24, 2.45) is 5.73 Å². The standard InChI is InChI=1S/C9H16F3N3O3.ClH/c10-9(11,12)8(17)15-3-1-7(16)14-4-6-18-5-2-13;/h1-6,13H2,(H,14,16)(H,15,17);1H. The van der Waals surface area contributed by atoms with E-state index in [-0.39, 0.29) is 38.5 Å². The molecule has 0 spiro atoms. The van der Waals surface area contributed by atoms with Crippen molar-refractivity contribution in [3.8, 4) is 0 Å². The second kappa shape index (κ2) is 10.8. The molecule has 0 saturated carbocycles. The van der Waals surface area contributed by atoms with Gasteiger partial charge in [0.2, 0.25) is 5.91 Å². The minimum absolute atomic E-state index is 0. The molecular formula is C9H17ClF3N3O3. The van der Waals surface area contributed by atoms with E-state index < -0.39 is 18.0 Å². The molecule has 0 aliphatic heterocycles. The van der Waals surface area contributed by atoms with Gasteiger partial charge in [-0.2, -0.15) is 13.2 Å². The van der Waals surface area contributed by atoms with Gasteiger partial charge in [-0.25, -0.2) is 0 Å². The molecule has 0 saturated heterocycles. The first kappa shape index (κ1) is 20.3. The van der Waals surface area contributed by atoms with Crippen molar-refractivity contribution >= 4 is 24.2 Å². The molecule has 19 heavy (non-hydrogen) atoms. The molecule has 0 unspecified atom stereocenters. The number of hydrogen-bond donors (Lipinski definition) is 3. The Morgan fingerprint density at radius 2 is 1.74 bits per heavy atom. The SMILES string of the molecule is Cl.NCCOCCNC(=O)CCNC(=O)C(F)(F)F. The summed E-state index contributed by atoms with van der Waals surface area (Å²) in [6, 6.07) is 0. The Balaban J connectivity index is 0. The van der Waals surface area contributed by atoms with Crippen molar-refractivity contribution in [2.75, 3.05) is 32.8 Å². The Morgan fingerprint density at radius 1 is 1.11 bits per heavy atom. The molecule has 0 aromatic rings. The number of carbonyl (C=O) groups excluding carboxylic acids is 2. The van der Waals surface area contributed by atoms with Crippen LogP contribution in [0.3, 0.4) is 0 Å². The molecule has 6 nitrogen and oxygen atoms in total. The van der Waals surface area contributed by atoms with Crippen molar-refractivity contribution in [2.45, 2.75) is 12.6 Å². The van der Waals surface area contributed by atoms with Crippen LogP contribution in [-0.2, 0) is 14.3 Å². The molecule has 0 bridgehead atoms. The van der Waals surface area contributed by atoms with Gasteiger partial charge in [0.25, 0.3) is 0 Å². The number of halogens is 4. The first-order chi connectivity index (χ1) is 8.38. The number of rotatable bonds is 8. The lowest BCUT2D eigenvalue weighted by molar-refractivity contribution is -0.173. The van der Waals surface area contributed by atoms with Crippen LogP contribution >= 0.6 is 12.4 Å². The average Bonchev–Trinajstić information content (AvgIpc) is 2.27. The number of alkyl halides is 3. The molecular weight excluding hydrogens is 291 g/mol. The first-order valence-corrected chi connectivity index (χ1v) is 5.27. The Kier molecular flexibility index (Phi) is 11.5. The van der Waals surface area contributed by atoms with Crippen LogP contribution in [0.1, 0.15) is 6.42 Å². The predicted octanol–water partition coefficient (Wildman–Crippen LogP) is -0.432. The average molecular weight is 308 g/mol. The number of carbonyl (C=O) groups is 2. The molecule has 4 N–H and O–H groups in total. The van der Waals surface area contributed by atoms with E-state index in [9.17, 15) is 22.8 Å². The fourth-order valence-electron chi connectivity index (χ4n) is 0.926. The maximum absolute atomic E-state index is 11.8. The summed E-state index contributed by atoms with van der Waals surface area (Å²) in [5, 5.41) is 4.01. The summed E-state index contributed by atoms with van der Waals surface area (Å²) in [7, 11) is 0. The molecule has 10 heteroatoms. The lowest BCUT2D eigenvalue weighted by Crippen LogP contribution is -2.39. The minimum Gasteiger partial charge on any atom is -0.378 e. The fraction of sp³-hybridized carbons (Fsp3) is 0.778. The number of ether oxygens (including phenoxy) is 1. The summed E-state index contributed by atoms with van der Waals surface area (Å²) < 4.78 is 40.2. The van der Waals surface area contributed by atoms with Crippen molar-refractivity contribution < 1.29 is 27.5 Å². The van der Waals surface area contributed by atoms with Gasteiger partial charge < -0.3 is 21.1 Å². The molecule has 114 valence electrons. The number of hydrogen-bond acceptors (Lipinski definition) is 4. The predicted molar refractivity (Wildman–Crippen MR) is 63.8 cm³/mol. The fourth-order valence-corrected chi connectivity index (χ4v) is 0.926. The van der Waals surface area contributed by atoms with Gasteiger partial charge in [-0.05, 0) is 0 Å². The number of nitrogens with one attached hydrogen (secondary N) is 2. The van der Waals surface area contributed by atoms with Gasteiger partial charge in [0.05, 0.1) is 13.2 Å². The second-order valence-corrected chi connectivity index (χ2v) is 3.25. The van der Waals surface area contributed by atoms with Gasteiger partial charge in [-0.1, -0.05) is 0 Å². The smallest absolute Gasteiger partial charge is 0.378 e. The Hall–Kier alpha value is -1.06. The van der Waals surface area contributed by atoms with Crippen LogP contribution in [0, 0.1) is 0 Å². The van der Waals surface area contributed by atoms with E-state index in [2.05, 4.69) is 5.32 Å². The van der Waals surface area contributed by atoms with Gasteiger partial charge >= 0.3 is 12.1 Å².